The van der Waals surface area contributed by atoms with Crippen molar-refractivity contribution in [2.75, 3.05) is 6.54 Å². The van der Waals surface area contributed by atoms with Gasteiger partial charge in [-0.05, 0) is 44.4 Å². The van der Waals surface area contributed by atoms with Gasteiger partial charge in [-0.15, -0.1) is 0 Å². The number of carbonyl (C=O) groups excluding carboxylic acids is 2. The molecule has 2 amide bonds. The molecule has 3 aliphatic carbocycles. The number of rotatable bonds is 6. The molecule has 4 heteroatoms. The van der Waals surface area contributed by atoms with Crippen molar-refractivity contribution in [1.29, 1.82) is 0 Å². The maximum atomic E-state index is 12.0. The third-order valence-corrected chi connectivity index (χ3v) is 4.97. The molecule has 0 aromatic carbocycles. The average molecular weight is 264 g/mol. The number of hydrogen-bond acceptors (Lipinski definition) is 2. The highest BCUT2D eigenvalue weighted by Gasteiger charge is 2.35. The first-order valence-electron chi connectivity index (χ1n) is 7.82. The molecule has 0 unspecified atom stereocenters. The van der Waals surface area contributed by atoms with Crippen molar-refractivity contribution in [3.8, 4) is 0 Å². The summed E-state index contributed by atoms with van der Waals surface area (Å²) in [5.41, 5.74) is 0. The van der Waals surface area contributed by atoms with Gasteiger partial charge in [0.2, 0.25) is 11.8 Å². The Labute approximate surface area is 114 Å². The number of hydrogen-bond donors (Lipinski definition) is 2. The molecule has 19 heavy (non-hydrogen) atoms. The van der Waals surface area contributed by atoms with E-state index in [0.717, 1.165) is 25.7 Å². The van der Waals surface area contributed by atoms with Gasteiger partial charge in [-0.2, -0.15) is 0 Å². The minimum atomic E-state index is 0.164. The van der Waals surface area contributed by atoms with E-state index in [1.54, 1.807) is 0 Å². The predicted octanol–water partition coefficient (Wildman–Crippen LogP) is 1.60. The highest BCUT2D eigenvalue weighted by atomic mass is 16.2. The van der Waals surface area contributed by atoms with Crippen LogP contribution < -0.4 is 10.6 Å². The van der Waals surface area contributed by atoms with E-state index in [4.69, 9.17) is 0 Å². The van der Waals surface area contributed by atoms with E-state index in [2.05, 4.69) is 10.6 Å². The molecule has 0 heterocycles. The van der Waals surface area contributed by atoms with Crippen LogP contribution in [0.3, 0.4) is 0 Å². The van der Waals surface area contributed by atoms with Crippen LogP contribution in [-0.2, 0) is 9.59 Å². The second-order valence-electron chi connectivity index (χ2n) is 6.45. The Morgan fingerprint density at radius 3 is 1.95 bits per heavy atom. The van der Waals surface area contributed by atoms with Gasteiger partial charge in [-0.3, -0.25) is 9.59 Å². The zero-order valence-electron chi connectivity index (χ0n) is 11.5. The predicted molar refractivity (Wildman–Crippen MR) is 72.3 cm³/mol. The van der Waals surface area contributed by atoms with Crippen LogP contribution in [0.4, 0.5) is 0 Å². The van der Waals surface area contributed by atoms with E-state index in [0.29, 0.717) is 12.5 Å². The summed E-state index contributed by atoms with van der Waals surface area (Å²) >= 11 is 0. The molecule has 3 aliphatic rings. The van der Waals surface area contributed by atoms with E-state index in [1.807, 2.05) is 0 Å². The van der Waals surface area contributed by atoms with E-state index < -0.39 is 0 Å². The number of nitrogens with one attached hydrogen (secondary N) is 2. The van der Waals surface area contributed by atoms with Crippen molar-refractivity contribution in [3.63, 3.8) is 0 Å². The van der Waals surface area contributed by atoms with Gasteiger partial charge in [0.15, 0.2) is 0 Å². The molecule has 106 valence electrons. The highest BCUT2D eigenvalue weighted by molar-refractivity contribution is 5.81. The van der Waals surface area contributed by atoms with Crippen molar-refractivity contribution < 1.29 is 9.59 Å². The first-order chi connectivity index (χ1) is 9.24. The summed E-state index contributed by atoms with van der Waals surface area (Å²) in [4.78, 5) is 23.8. The molecular weight excluding hydrogens is 240 g/mol. The molecule has 0 radical (unpaired) electrons. The van der Waals surface area contributed by atoms with Crippen molar-refractivity contribution in [3.05, 3.63) is 0 Å². The summed E-state index contributed by atoms with van der Waals surface area (Å²) in [5, 5.41) is 6.19. The van der Waals surface area contributed by atoms with Gasteiger partial charge in [-0.1, -0.05) is 12.8 Å². The molecular formula is C15H24N2O2. The molecule has 0 saturated heterocycles. The Hall–Kier alpha value is -1.06. The fourth-order valence-corrected chi connectivity index (χ4v) is 2.83. The zero-order chi connectivity index (χ0) is 13.2. The maximum Gasteiger partial charge on any atom is 0.223 e. The minimum absolute atomic E-state index is 0.164. The Morgan fingerprint density at radius 1 is 0.895 bits per heavy atom. The first kappa shape index (κ1) is 12.9. The van der Waals surface area contributed by atoms with Crippen LogP contribution in [-0.4, -0.2) is 24.4 Å². The summed E-state index contributed by atoms with van der Waals surface area (Å²) in [6.45, 7) is 0.623. The third kappa shape index (κ3) is 3.10. The van der Waals surface area contributed by atoms with E-state index in [9.17, 15) is 9.59 Å². The van der Waals surface area contributed by atoms with Crippen LogP contribution in [0.5, 0.6) is 0 Å². The SMILES string of the molecule is O=C(NC[C@@H](NC(=O)C1CCC1)C1CC1)C1CCC1. The minimum Gasteiger partial charge on any atom is -0.354 e. The topological polar surface area (TPSA) is 58.2 Å². The van der Waals surface area contributed by atoms with E-state index in [1.165, 1.54) is 25.7 Å². The standard InChI is InChI=1S/C15H24N2O2/c18-14(11-3-1-4-11)16-9-13(10-7-8-10)17-15(19)12-5-2-6-12/h10-13H,1-9H2,(H,16,18)(H,17,19)/t13-/m1/s1. The fraction of sp³-hybridized carbons (Fsp3) is 0.867. The monoisotopic (exact) mass is 264 g/mol. The number of carbonyl (C=O) groups is 2. The van der Waals surface area contributed by atoms with Gasteiger partial charge in [0, 0.05) is 24.4 Å². The summed E-state index contributed by atoms with van der Waals surface area (Å²) in [5.74, 6) is 1.47. The van der Waals surface area contributed by atoms with Crippen LogP contribution in [0.1, 0.15) is 51.4 Å². The lowest BCUT2D eigenvalue weighted by atomic mass is 9.84. The molecule has 3 saturated carbocycles. The molecule has 0 spiro atoms. The lowest BCUT2D eigenvalue weighted by molar-refractivity contribution is -0.130. The van der Waals surface area contributed by atoms with E-state index >= 15 is 0 Å². The molecule has 0 aromatic heterocycles. The Kier molecular flexibility index (Phi) is 3.76. The molecule has 0 bridgehead atoms. The first-order valence-corrected chi connectivity index (χ1v) is 7.82. The Morgan fingerprint density at radius 2 is 1.47 bits per heavy atom. The second-order valence-corrected chi connectivity index (χ2v) is 6.45. The molecule has 1 atom stereocenters. The molecule has 3 rings (SSSR count). The quantitative estimate of drug-likeness (QED) is 0.765. The van der Waals surface area contributed by atoms with Crippen LogP contribution in [0.2, 0.25) is 0 Å². The molecule has 2 N–H and O–H groups in total. The van der Waals surface area contributed by atoms with E-state index in [-0.39, 0.29) is 29.7 Å². The van der Waals surface area contributed by atoms with Gasteiger partial charge in [0.1, 0.15) is 0 Å². The average Bonchev–Trinajstić information content (AvgIpc) is 3.02. The summed E-state index contributed by atoms with van der Waals surface area (Å²) < 4.78 is 0. The fourth-order valence-electron chi connectivity index (χ4n) is 2.83. The second kappa shape index (κ2) is 5.51. The maximum absolute atomic E-state index is 12.0. The van der Waals surface area contributed by atoms with Gasteiger partial charge >= 0.3 is 0 Å². The van der Waals surface area contributed by atoms with Crippen molar-refractivity contribution in [1.82, 2.24) is 10.6 Å². The lowest BCUT2D eigenvalue weighted by Gasteiger charge is -2.29. The Bertz CT molecular complexity index is 357. The summed E-state index contributed by atoms with van der Waals surface area (Å²) in [7, 11) is 0. The molecule has 3 fully saturated rings. The molecule has 0 aliphatic heterocycles. The van der Waals surface area contributed by atoms with Crippen molar-refractivity contribution in [2.24, 2.45) is 17.8 Å². The van der Waals surface area contributed by atoms with Crippen LogP contribution in [0, 0.1) is 17.8 Å². The molecule has 0 aromatic rings. The smallest absolute Gasteiger partial charge is 0.223 e. The third-order valence-electron chi connectivity index (χ3n) is 4.97. The summed E-state index contributed by atoms with van der Waals surface area (Å²) in [6, 6.07) is 0.164. The van der Waals surface area contributed by atoms with Crippen LogP contribution in [0.15, 0.2) is 0 Å². The summed E-state index contributed by atoms with van der Waals surface area (Å²) in [6.07, 6.45) is 8.90. The number of amides is 2. The van der Waals surface area contributed by atoms with Crippen LogP contribution >= 0.6 is 0 Å². The molecule has 4 nitrogen and oxygen atoms in total. The van der Waals surface area contributed by atoms with Crippen molar-refractivity contribution >= 4 is 11.8 Å². The largest absolute Gasteiger partial charge is 0.354 e. The highest BCUT2D eigenvalue weighted by Crippen LogP contribution is 2.34. The van der Waals surface area contributed by atoms with Crippen LogP contribution in [0.25, 0.3) is 0 Å². The normalized spacial score (nSPS) is 25.1. The van der Waals surface area contributed by atoms with Gasteiger partial charge in [0.05, 0.1) is 0 Å². The van der Waals surface area contributed by atoms with Gasteiger partial charge < -0.3 is 10.6 Å². The van der Waals surface area contributed by atoms with Gasteiger partial charge in [-0.25, -0.2) is 0 Å². The Balaban J connectivity index is 1.44. The van der Waals surface area contributed by atoms with Gasteiger partial charge in [0.25, 0.3) is 0 Å². The zero-order valence-corrected chi connectivity index (χ0v) is 11.5. The lowest BCUT2D eigenvalue weighted by Crippen LogP contribution is -2.49. The van der Waals surface area contributed by atoms with Crippen molar-refractivity contribution in [2.45, 2.75) is 57.4 Å².